The van der Waals surface area contributed by atoms with Crippen LogP contribution in [0.2, 0.25) is 0 Å². The molecule has 0 aliphatic rings. The number of carbonyl (C=O) groups is 3. The number of rotatable bonds is 6. The van der Waals surface area contributed by atoms with Crippen LogP contribution in [0.1, 0.15) is 39.3 Å². The lowest BCUT2D eigenvalue weighted by Gasteiger charge is -2.10. The molecule has 0 bridgehead atoms. The summed E-state index contributed by atoms with van der Waals surface area (Å²) in [6.07, 6.45) is 1.86. The lowest BCUT2D eigenvalue weighted by Crippen LogP contribution is -2.35. The summed E-state index contributed by atoms with van der Waals surface area (Å²) < 4.78 is 6.44. The third-order valence-corrected chi connectivity index (χ3v) is 4.29. The van der Waals surface area contributed by atoms with Crippen molar-refractivity contribution in [3.05, 3.63) is 56.8 Å². The van der Waals surface area contributed by atoms with E-state index in [2.05, 4.69) is 10.3 Å². The van der Waals surface area contributed by atoms with Crippen molar-refractivity contribution < 1.29 is 19.1 Å². The Hall–Kier alpha value is -3.67. The minimum Gasteiger partial charge on any atom is -0.456 e. The predicted octanol–water partition coefficient (Wildman–Crippen LogP) is 0.634. The number of nitrogens with zero attached hydrogens (tertiary/aromatic N) is 2. The van der Waals surface area contributed by atoms with Gasteiger partial charge in [0.05, 0.1) is 0 Å². The van der Waals surface area contributed by atoms with Gasteiger partial charge in [-0.15, -0.1) is 0 Å². The molecule has 2 aromatic rings. The molecule has 0 aliphatic heterocycles. The fourth-order valence-electron chi connectivity index (χ4n) is 2.79. The topological polar surface area (TPSA) is 134 Å². The molecule has 2 heterocycles. The predicted molar refractivity (Wildman–Crippen MR) is 98.4 cm³/mol. The van der Waals surface area contributed by atoms with Gasteiger partial charge in [-0.2, -0.15) is 5.26 Å². The molecule has 0 radical (unpaired) electrons. The summed E-state index contributed by atoms with van der Waals surface area (Å²) in [5.41, 5.74) is 1.60. The number of amides is 2. The second-order valence-corrected chi connectivity index (χ2v) is 6.21. The summed E-state index contributed by atoms with van der Waals surface area (Å²) in [4.78, 5) is 49.9. The molecule has 0 saturated carbocycles. The Morgan fingerprint density at radius 2 is 2.04 bits per heavy atom. The first-order valence-electron chi connectivity index (χ1n) is 8.48. The van der Waals surface area contributed by atoms with Crippen LogP contribution in [-0.2, 0) is 27.8 Å². The van der Waals surface area contributed by atoms with Crippen LogP contribution in [-0.4, -0.2) is 33.9 Å². The number of aromatic nitrogens is 2. The van der Waals surface area contributed by atoms with E-state index in [-0.39, 0.29) is 18.4 Å². The molecule has 0 atom stereocenters. The number of nitrogens with one attached hydrogen (secondary N) is 2. The van der Waals surface area contributed by atoms with Crippen LogP contribution >= 0.6 is 0 Å². The van der Waals surface area contributed by atoms with Gasteiger partial charge in [-0.1, -0.05) is 0 Å². The lowest BCUT2D eigenvalue weighted by molar-refractivity contribution is -0.148. The second-order valence-electron chi connectivity index (χ2n) is 6.21. The van der Waals surface area contributed by atoms with E-state index < -0.39 is 29.9 Å². The molecular weight excluding hydrogens is 364 g/mol. The molecule has 0 fully saturated rings. The fourth-order valence-corrected chi connectivity index (χ4v) is 2.79. The van der Waals surface area contributed by atoms with Crippen molar-refractivity contribution in [1.82, 2.24) is 14.9 Å². The highest BCUT2D eigenvalue weighted by Crippen LogP contribution is 2.15. The van der Waals surface area contributed by atoms with Gasteiger partial charge >= 0.3 is 5.97 Å². The zero-order valence-corrected chi connectivity index (χ0v) is 15.8. The number of pyridine rings is 1. The van der Waals surface area contributed by atoms with Gasteiger partial charge in [0.25, 0.3) is 17.4 Å². The van der Waals surface area contributed by atoms with Crippen LogP contribution < -0.4 is 10.9 Å². The number of aryl methyl sites for hydroxylation is 2. The molecule has 2 aromatic heterocycles. The molecule has 2 rings (SSSR count). The first-order chi connectivity index (χ1) is 13.2. The number of hydrogen-bond donors (Lipinski definition) is 2. The molecule has 2 N–H and O–H groups in total. The van der Waals surface area contributed by atoms with Crippen molar-refractivity contribution in [1.29, 1.82) is 5.26 Å². The van der Waals surface area contributed by atoms with Crippen molar-refractivity contribution >= 4 is 17.8 Å². The van der Waals surface area contributed by atoms with Crippen LogP contribution in [0.15, 0.2) is 23.1 Å². The van der Waals surface area contributed by atoms with E-state index in [9.17, 15) is 19.2 Å². The number of carbonyl (C=O) groups excluding carboxylic acids is 3. The quantitative estimate of drug-likeness (QED) is 0.702. The number of aromatic amines is 1. The lowest BCUT2D eigenvalue weighted by atomic mass is 9.99. The number of hydrogen-bond acceptors (Lipinski definition) is 6. The molecule has 0 aliphatic carbocycles. The van der Waals surface area contributed by atoms with Gasteiger partial charge in [0.2, 0.25) is 0 Å². The third kappa shape index (κ3) is 4.73. The van der Waals surface area contributed by atoms with Crippen LogP contribution in [0.5, 0.6) is 0 Å². The van der Waals surface area contributed by atoms with E-state index in [1.807, 2.05) is 6.07 Å². The van der Waals surface area contributed by atoms with Gasteiger partial charge in [-0.25, -0.2) is 0 Å². The maximum absolute atomic E-state index is 11.9. The van der Waals surface area contributed by atoms with Gasteiger partial charge in [-0.3, -0.25) is 24.5 Å². The third-order valence-electron chi connectivity index (χ3n) is 4.29. The van der Waals surface area contributed by atoms with Gasteiger partial charge in [0, 0.05) is 25.4 Å². The van der Waals surface area contributed by atoms with E-state index in [0.717, 1.165) is 0 Å². The SMILES string of the molecule is Cc1[nH]c(=O)c(C#N)c(C)c1CCC(=O)OCC(=O)NC(=O)c1cccn1C. The Morgan fingerprint density at radius 3 is 2.64 bits per heavy atom. The van der Waals surface area contributed by atoms with Crippen molar-refractivity contribution in [3.63, 3.8) is 0 Å². The molecular formula is C19H20N4O5. The van der Waals surface area contributed by atoms with Crippen molar-refractivity contribution in [2.45, 2.75) is 26.7 Å². The smallest absolute Gasteiger partial charge is 0.306 e. The van der Waals surface area contributed by atoms with Gasteiger partial charge < -0.3 is 14.3 Å². The Balaban J connectivity index is 1.88. The monoisotopic (exact) mass is 384 g/mol. The van der Waals surface area contributed by atoms with Crippen LogP contribution in [0.25, 0.3) is 0 Å². The van der Waals surface area contributed by atoms with Crippen LogP contribution in [0, 0.1) is 25.2 Å². The number of nitriles is 1. The number of imide groups is 1. The van der Waals surface area contributed by atoms with E-state index in [4.69, 9.17) is 10.00 Å². The molecule has 146 valence electrons. The second kappa shape index (κ2) is 8.81. The van der Waals surface area contributed by atoms with Crippen molar-refractivity contribution in [2.75, 3.05) is 6.61 Å². The highest BCUT2D eigenvalue weighted by Gasteiger charge is 2.16. The van der Waals surface area contributed by atoms with Gasteiger partial charge in [0.1, 0.15) is 17.3 Å². The Bertz CT molecular complexity index is 1030. The summed E-state index contributed by atoms with van der Waals surface area (Å²) in [7, 11) is 1.66. The molecule has 0 unspecified atom stereocenters. The fraction of sp³-hybridized carbons (Fsp3) is 0.316. The average Bonchev–Trinajstić information content (AvgIpc) is 3.06. The molecule has 0 aromatic carbocycles. The molecule has 2 amide bonds. The molecule has 0 saturated heterocycles. The standard InChI is InChI=1S/C19H20N4O5/c1-11-13(12(2)21-18(26)14(11)9-20)6-7-17(25)28-10-16(24)22-19(27)15-5-4-8-23(15)3/h4-5,8H,6-7,10H2,1-3H3,(H,21,26)(H,22,24,27). The Morgan fingerprint density at radius 1 is 1.32 bits per heavy atom. The number of ether oxygens (including phenoxy) is 1. The van der Waals surface area contributed by atoms with E-state index >= 15 is 0 Å². The molecule has 0 spiro atoms. The van der Waals surface area contributed by atoms with Gasteiger partial charge in [-0.05, 0) is 43.5 Å². The van der Waals surface area contributed by atoms with Crippen molar-refractivity contribution in [2.24, 2.45) is 7.05 Å². The Kier molecular flexibility index (Phi) is 6.50. The highest BCUT2D eigenvalue weighted by molar-refractivity contribution is 6.04. The maximum atomic E-state index is 11.9. The molecule has 28 heavy (non-hydrogen) atoms. The first kappa shape index (κ1) is 20.6. The molecule has 9 nitrogen and oxygen atoms in total. The number of H-pyrrole nitrogens is 1. The Labute approximate surface area is 160 Å². The zero-order chi connectivity index (χ0) is 20.8. The van der Waals surface area contributed by atoms with E-state index in [0.29, 0.717) is 22.5 Å². The first-order valence-corrected chi connectivity index (χ1v) is 8.48. The normalized spacial score (nSPS) is 10.2. The van der Waals surface area contributed by atoms with Gasteiger partial charge in [0.15, 0.2) is 6.61 Å². The summed E-state index contributed by atoms with van der Waals surface area (Å²) in [5.74, 6) is -1.95. The summed E-state index contributed by atoms with van der Waals surface area (Å²) >= 11 is 0. The van der Waals surface area contributed by atoms with Crippen LogP contribution in [0.3, 0.4) is 0 Å². The summed E-state index contributed by atoms with van der Waals surface area (Å²) in [6.45, 7) is 2.74. The van der Waals surface area contributed by atoms with Crippen molar-refractivity contribution in [3.8, 4) is 6.07 Å². The zero-order valence-electron chi connectivity index (χ0n) is 15.8. The molecule has 9 heteroatoms. The van der Waals surface area contributed by atoms with E-state index in [1.54, 1.807) is 43.8 Å². The number of esters is 1. The van der Waals surface area contributed by atoms with Crippen LogP contribution in [0.4, 0.5) is 0 Å². The highest BCUT2D eigenvalue weighted by atomic mass is 16.5. The minimum atomic E-state index is -0.734. The minimum absolute atomic E-state index is 0.00697. The average molecular weight is 384 g/mol. The summed E-state index contributed by atoms with van der Waals surface area (Å²) in [5, 5.41) is 11.2. The summed E-state index contributed by atoms with van der Waals surface area (Å²) in [6, 6.07) is 5.07. The van der Waals surface area contributed by atoms with E-state index in [1.165, 1.54) is 0 Å². The largest absolute Gasteiger partial charge is 0.456 e. The maximum Gasteiger partial charge on any atom is 0.306 e.